The van der Waals surface area contributed by atoms with Crippen LogP contribution < -0.4 is 5.73 Å². The van der Waals surface area contributed by atoms with Crippen molar-refractivity contribution >= 4 is 11.8 Å². The molecule has 0 bridgehead atoms. The van der Waals surface area contributed by atoms with Crippen LogP contribution in [0.1, 0.15) is 18.4 Å². The number of aromatic nitrogens is 1. The molecule has 1 aromatic heterocycles. The van der Waals surface area contributed by atoms with Crippen molar-refractivity contribution in [2.75, 3.05) is 5.73 Å². The normalized spacial score (nSPS) is 9.85. The summed E-state index contributed by atoms with van der Waals surface area (Å²) in [6, 6.07) is 3.61. The van der Waals surface area contributed by atoms with Crippen molar-refractivity contribution in [3.63, 3.8) is 0 Å². The molecule has 0 atom stereocenters. The number of nitrogen functional groups attached to an aromatic ring is 1. The molecular formula is C9H12N2O2. The number of aryl methyl sites for hydroxylation is 1. The summed E-state index contributed by atoms with van der Waals surface area (Å²) in [4.78, 5) is 14.1. The van der Waals surface area contributed by atoms with Gasteiger partial charge in [0.25, 0.3) is 0 Å². The van der Waals surface area contributed by atoms with E-state index < -0.39 is 5.97 Å². The summed E-state index contributed by atoms with van der Waals surface area (Å²) >= 11 is 0. The highest BCUT2D eigenvalue weighted by Gasteiger charge is 1.98. The maximum absolute atomic E-state index is 10.2. The van der Waals surface area contributed by atoms with Gasteiger partial charge in [-0.3, -0.25) is 4.79 Å². The van der Waals surface area contributed by atoms with Crippen LogP contribution >= 0.6 is 0 Å². The molecule has 0 radical (unpaired) electrons. The van der Waals surface area contributed by atoms with Gasteiger partial charge in [-0.05, 0) is 30.5 Å². The molecule has 4 heteroatoms. The Morgan fingerprint density at radius 3 is 3.00 bits per heavy atom. The number of nitrogens with two attached hydrogens (primary N) is 1. The average Bonchev–Trinajstić information content (AvgIpc) is 2.03. The molecule has 1 aromatic rings. The summed E-state index contributed by atoms with van der Waals surface area (Å²) in [6.45, 7) is 0. The number of rotatable bonds is 4. The molecule has 0 spiro atoms. The van der Waals surface area contributed by atoms with Gasteiger partial charge in [-0.15, -0.1) is 0 Å². The zero-order valence-corrected chi connectivity index (χ0v) is 7.23. The standard InChI is InChI=1S/C9H12N2O2/c10-8-6-7(4-5-11-8)2-1-3-9(12)13/h4-6H,1-3H2,(H2,10,11)(H,12,13). The Balaban J connectivity index is 2.41. The van der Waals surface area contributed by atoms with Crippen LogP contribution in [0.4, 0.5) is 5.82 Å². The molecule has 4 nitrogen and oxygen atoms in total. The van der Waals surface area contributed by atoms with Crippen molar-refractivity contribution in [1.82, 2.24) is 4.98 Å². The first kappa shape index (κ1) is 9.51. The quantitative estimate of drug-likeness (QED) is 0.726. The van der Waals surface area contributed by atoms with E-state index in [1.54, 1.807) is 12.3 Å². The van der Waals surface area contributed by atoms with Crippen LogP contribution in [-0.4, -0.2) is 16.1 Å². The summed E-state index contributed by atoms with van der Waals surface area (Å²) in [5.41, 5.74) is 6.50. The maximum atomic E-state index is 10.2. The minimum atomic E-state index is -0.762. The Morgan fingerprint density at radius 1 is 1.62 bits per heavy atom. The maximum Gasteiger partial charge on any atom is 0.303 e. The van der Waals surface area contributed by atoms with Crippen molar-refractivity contribution in [1.29, 1.82) is 0 Å². The molecule has 0 amide bonds. The Labute approximate surface area is 76.4 Å². The molecule has 0 unspecified atom stereocenters. The van der Waals surface area contributed by atoms with E-state index in [4.69, 9.17) is 10.8 Å². The first-order valence-corrected chi connectivity index (χ1v) is 4.10. The molecule has 0 aliphatic rings. The number of nitrogens with zero attached hydrogens (tertiary/aromatic N) is 1. The second-order valence-electron chi connectivity index (χ2n) is 2.84. The zero-order valence-electron chi connectivity index (χ0n) is 7.23. The largest absolute Gasteiger partial charge is 0.481 e. The van der Waals surface area contributed by atoms with Gasteiger partial charge in [0.15, 0.2) is 0 Å². The summed E-state index contributed by atoms with van der Waals surface area (Å²) in [6.07, 6.45) is 3.20. The van der Waals surface area contributed by atoms with Gasteiger partial charge in [0.1, 0.15) is 5.82 Å². The number of hydrogen-bond donors (Lipinski definition) is 2. The predicted molar refractivity (Wildman–Crippen MR) is 49.2 cm³/mol. The van der Waals surface area contributed by atoms with Crippen LogP contribution in [0.2, 0.25) is 0 Å². The molecule has 0 saturated heterocycles. The highest BCUT2D eigenvalue weighted by molar-refractivity contribution is 5.66. The van der Waals surface area contributed by atoms with Gasteiger partial charge in [0.2, 0.25) is 0 Å². The monoisotopic (exact) mass is 180 g/mol. The van der Waals surface area contributed by atoms with E-state index in [2.05, 4.69) is 4.98 Å². The predicted octanol–water partition coefficient (Wildman–Crippen LogP) is 1.07. The summed E-state index contributed by atoms with van der Waals surface area (Å²) in [5, 5.41) is 8.41. The van der Waals surface area contributed by atoms with E-state index in [1.807, 2.05) is 6.07 Å². The van der Waals surface area contributed by atoms with E-state index in [9.17, 15) is 4.79 Å². The molecule has 1 heterocycles. The lowest BCUT2D eigenvalue weighted by atomic mass is 10.1. The highest BCUT2D eigenvalue weighted by Crippen LogP contribution is 2.06. The van der Waals surface area contributed by atoms with Crippen LogP contribution in [0.3, 0.4) is 0 Å². The number of aliphatic carboxylic acids is 1. The van der Waals surface area contributed by atoms with Crippen molar-refractivity contribution in [3.8, 4) is 0 Å². The summed E-state index contributed by atoms with van der Waals surface area (Å²) in [5.74, 6) is -0.283. The fourth-order valence-electron chi connectivity index (χ4n) is 1.09. The average molecular weight is 180 g/mol. The van der Waals surface area contributed by atoms with E-state index in [1.165, 1.54) is 0 Å². The number of hydrogen-bond acceptors (Lipinski definition) is 3. The minimum Gasteiger partial charge on any atom is -0.481 e. The van der Waals surface area contributed by atoms with Gasteiger partial charge in [-0.2, -0.15) is 0 Å². The van der Waals surface area contributed by atoms with E-state index >= 15 is 0 Å². The van der Waals surface area contributed by atoms with Gasteiger partial charge >= 0.3 is 5.97 Å². The van der Waals surface area contributed by atoms with Crippen molar-refractivity contribution in [2.45, 2.75) is 19.3 Å². The van der Waals surface area contributed by atoms with Gasteiger partial charge in [-0.25, -0.2) is 4.98 Å². The number of anilines is 1. The van der Waals surface area contributed by atoms with Gasteiger partial charge in [0, 0.05) is 12.6 Å². The molecule has 0 aliphatic heterocycles. The van der Waals surface area contributed by atoms with E-state index in [0.717, 1.165) is 12.0 Å². The summed E-state index contributed by atoms with van der Waals surface area (Å²) < 4.78 is 0. The number of carboxylic acid groups (broad SMARTS) is 1. The van der Waals surface area contributed by atoms with E-state index in [-0.39, 0.29) is 6.42 Å². The lowest BCUT2D eigenvalue weighted by Crippen LogP contribution is -1.97. The van der Waals surface area contributed by atoms with E-state index in [0.29, 0.717) is 12.2 Å². The van der Waals surface area contributed by atoms with Crippen LogP contribution in [0, 0.1) is 0 Å². The second kappa shape index (κ2) is 4.45. The zero-order chi connectivity index (χ0) is 9.68. The van der Waals surface area contributed by atoms with Gasteiger partial charge in [-0.1, -0.05) is 0 Å². The lowest BCUT2D eigenvalue weighted by Gasteiger charge is -1.99. The number of carboxylic acids is 1. The smallest absolute Gasteiger partial charge is 0.303 e. The van der Waals surface area contributed by atoms with Crippen molar-refractivity contribution < 1.29 is 9.90 Å². The fraction of sp³-hybridized carbons (Fsp3) is 0.333. The molecule has 70 valence electrons. The molecule has 0 fully saturated rings. The first-order chi connectivity index (χ1) is 6.18. The Bertz CT molecular complexity index is 299. The molecular weight excluding hydrogens is 168 g/mol. The van der Waals surface area contributed by atoms with Gasteiger partial charge in [0.05, 0.1) is 0 Å². The van der Waals surface area contributed by atoms with Crippen LogP contribution in [-0.2, 0) is 11.2 Å². The Hall–Kier alpha value is -1.58. The van der Waals surface area contributed by atoms with Gasteiger partial charge < -0.3 is 10.8 Å². The fourth-order valence-corrected chi connectivity index (χ4v) is 1.09. The third-order valence-electron chi connectivity index (χ3n) is 1.70. The molecule has 0 aliphatic carbocycles. The topological polar surface area (TPSA) is 76.2 Å². The third-order valence-corrected chi connectivity index (χ3v) is 1.70. The SMILES string of the molecule is Nc1cc(CCCC(=O)O)ccn1. The van der Waals surface area contributed by atoms with Crippen molar-refractivity contribution in [2.24, 2.45) is 0 Å². The highest BCUT2D eigenvalue weighted by atomic mass is 16.4. The molecule has 0 saturated carbocycles. The lowest BCUT2D eigenvalue weighted by molar-refractivity contribution is -0.137. The molecule has 0 aromatic carbocycles. The third kappa shape index (κ3) is 3.55. The molecule has 13 heavy (non-hydrogen) atoms. The molecule has 1 rings (SSSR count). The minimum absolute atomic E-state index is 0.197. The van der Waals surface area contributed by atoms with Crippen molar-refractivity contribution in [3.05, 3.63) is 23.9 Å². The van der Waals surface area contributed by atoms with Crippen LogP contribution in [0.15, 0.2) is 18.3 Å². The Kier molecular flexibility index (Phi) is 3.25. The molecule has 3 N–H and O–H groups in total. The van der Waals surface area contributed by atoms with Crippen LogP contribution in [0.5, 0.6) is 0 Å². The first-order valence-electron chi connectivity index (χ1n) is 4.10. The van der Waals surface area contributed by atoms with Crippen LogP contribution in [0.25, 0.3) is 0 Å². The second-order valence-corrected chi connectivity index (χ2v) is 2.84. The summed E-state index contributed by atoms with van der Waals surface area (Å²) in [7, 11) is 0. The number of pyridine rings is 1. The number of carbonyl (C=O) groups is 1. The Morgan fingerprint density at radius 2 is 2.38 bits per heavy atom.